The molecule has 1 N–H and O–H groups in total. The van der Waals surface area contributed by atoms with Gasteiger partial charge in [-0.25, -0.2) is 0 Å². The lowest BCUT2D eigenvalue weighted by Crippen LogP contribution is -2.02. The molecule has 3 aromatic rings. The first-order chi connectivity index (χ1) is 14.0. The number of nitro groups is 1. The quantitative estimate of drug-likeness (QED) is 0.267. The number of carbonyl (C=O) groups excluding carboxylic acids is 2. The molecule has 0 aliphatic carbocycles. The zero-order valence-corrected chi connectivity index (χ0v) is 15.6. The monoisotopic (exact) mass is 390 g/mol. The van der Waals surface area contributed by atoms with Gasteiger partial charge < -0.3 is 9.72 Å². The Balaban J connectivity index is 1.65. The van der Waals surface area contributed by atoms with Crippen molar-refractivity contribution in [2.75, 3.05) is 7.11 Å². The van der Waals surface area contributed by atoms with Crippen molar-refractivity contribution < 1.29 is 19.2 Å². The van der Waals surface area contributed by atoms with E-state index in [1.807, 2.05) is 30.5 Å². The van der Waals surface area contributed by atoms with Crippen LogP contribution in [0.15, 0.2) is 60.8 Å². The van der Waals surface area contributed by atoms with Crippen LogP contribution in [-0.4, -0.2) is 28.6 Å². The van der Waals surface area contributed by atoms with E-state index in [0.717, 1.165) is 16.5 Å². The minimum Gasteiger partial charge on any atom is -0.497 e. The van der Waals surface area contributed by atoms with Crippen LogP contribution in [-0.2, 0) is 9.59 Å². The number of benzene rings is 2. The Morgan fingerprint density at radius 3 is 2.55 bits per heavy atom. The summed E-state index contributed by atoms with van der Waals surface area (Å²) < 4.78 is 5.05. The first-order valence-electron chi connectivity index (χ1n) is 8.77. The molecule has 0 unspecified atom stereocenters. The fourth-order valence-electron chi connectivity index (χ4n) is 2.79. The van der Waals surface area contributed by atoms with E-state index in [4.69, 9.17) is 4.74 Å². The summed E-state index contributed by atoms with van der Waals surface area (Å²) in [7, 11) is 1.44. The molecule has 146 valence electrons. The summed E-state index contributed by atoms with van der Waals surface area (Å²) in [5, 5.41) is 12.2. The van der Waals surface area contributed by atoms with Crippen LogP contribution in [0.3, 0.4) is 0 Å². The SMILES string of the molecule is COc1ccc([N+](=O)[O-])c(C=CC(=O)CC(=O)C=Cc2ccc3cc[nH]c3c2)c1. The van der Waals surface area contributed by atoms with Gasteiger partial charge in [-0.15, -0.1) is 0 Å². The van der Waals surface area contributed by atoms with Crippen LogP contribution >= 0.6 is 0 Å². The third-order valence-electron chi connectivity index (χ3n) is 4.27. The van der Waals surface area contributed by atoms with Gasteiger partial charge in [-0.2, -0.15) is 0 Å². The summed E-state index contributed by atoms with van der Waals surface area (Å²) in [5.74, 6) is -0.372. The van der Waals surface area contributed by atoms with E-state index in [9.17, 15) is 19.7 Å². The molecule has 29 heavy (non-hydrogen) atoms. The van der Waals surface area contributed by atoms with Crippen molar-refractivity contribution in [1.82, 2.24) is 4.98 Å². The number of allylic oxidation sites excluding steroid dienone is 2. The average Bonchev–Trinajstić information content (AvgIpc) is 3.18. The highest BCUT2D eigenvalue weighted by Crippen LogP contribution is 2.25. The van der Waals surface area contributed by atoms with Gasteiger partial charge in [0.05, 0.1) is 24.0 Å². The van der Waals surface area contributed by atoms with Gasteiger partial charge in [-0.05, 0) is 53.4 Å². The summed E-state index contributed by atoms with van der Waals surface area (Å²) in [6, 6.07) is 11.9. The maximum absolute atomic E-state index is 12.1. The van der Waals surface area contributed by atoms with E-state index >= 15 is 0 Å². The molecule has 0 saturated carbocycles. The van der Waals surface area contributed by atoms with Gasteiger partial charge in [0.15, 0.2) is 11.6 Å². The highest BCUT2D eigenvalue weighted by Gasteiger charge is 2.13. The summed E-state index contributed by atoms with van der Waals surface area (Å²) in [4.78, 5) is 37.8. The molecule has 7 heteroatoms. The second-order valence-corrected chi connectivity index (χ2v) is 6.28. The van der Waals surface area contributed by atoms with Gasteiger partial charge in [0.25, 0.3) is 5.69 Å². The third kappa shape index (κ3) is 5.04. The van der Waals surface area contributed by atoms with E-state index in [0.29, 0.717) is 5.75 Å². The molecule has 7 nitrogen and oxygen atoms in total. The summed E-state index contributed by atoms with van der Waals surface area (Å²) in [6.07, 6.45) is 6.99. The lowest BCUT2D eigenvalue weighted by atomic mass is 10.1. The van der Waals surface area contributed by atoms with Crippen LogP contribution in [0.5, 0.6) is 5.75 Å². The van der Waals surface area contributed by atoms with Crippen molar-refractivity contribution in [2.24, 2.45) is 0 Å². The number of rotatable bonds is 8. The van der Waals surface area contributed by atoms with Crippen molar-refractivity contribution in [2.45, 2.75) is 6.42 Å². The second kappa shape index (κ2) is 8.79. The topological polar surface area (TPSA) is 102 Å². The summed E-state index contributed by atoms with van der Waals surface area (Å²) >= 11 is 0. The van der Waals surface area contributed by atoms with Crippen LogP contribution < -0.4 is 4.74 Å². The second-order valence-electron chi connectivity index (χ2n) is 6.28. The Bertz CT molecular complexity index is 1140. The maximum Gasteiger partial charge on any atom is 0.276 e. The highest BCUT2D eigenvalue weighted by molar-refractivity contribution is 6.11. The van der Waals surface area contributed by atoms with Crippen LogP contribution in [0, 0.1) is 10.1 Å². The van der Waals surface area contributed by atoms with Crippen LogP contribution in [0.25, 0.3) is 23.1 Å². The first-order valence-corrected chi connectivity index (χ1v) is 8.77. The Morgan fingerprint density at radius 2 is 1.83 bits per heavy atom. The predicted octanol–water partition coefficient (Wildman–Crippen LogP) is 4.34. The van der Waals surface area contributed by atoms with Crippen molar-refractivity contribution in [1.29, 1.82) is 0 Å². The molecule has 0 aliphatic heterocycles. The Hall–Kier alpha value is -4.00. The van der Waals surface area contributed by atoms with Gasteiger partial charge in [0.2, 0.25) is 0 Å². The molecule has 0 atom stereocenters. The number of nitro benzene ring substituents is 1. The minimum absolute atomic E-state index is 0.152. The van der Waals surface area contributed by atoms with Crippen molar-refractivity contribution in [3.63, 3.8) is 0 Å². The van der Waals surface area contributed by atoms with Gasteiger partial charge >= 0.3 is 0 Å². The summed E-state index contributed by atoms with van der Waals surface area (Å²) in [5.41, 5.74) is 1.87. The lowest BCUT2D eigenvalue weighted by molar-refractivity contribution is -0.385. The van der Waals surface area contributed by atoms with Crippen LogP contribution in [0.2, 0.25) is 0 Å². The number of hydrogen-bond donors (Lipinski definition) is 1. The molecule has 0 aliphatic rings. The van der Waals surface area contributed by atoms with E-state index < -0.39 is 10.7 Å². The normalized spacial score (nSPS) is 11.3. The molecule has 1 heterocycles. The molecular weight excluding hydrogens is 372 g/mol. The zero-order valence-electron chi connectivity index (χ0n) is 15.6. The van der Waals surface area contributed by atoms with E-state index in [2.05, 4.69) is 4.98 Å². The molecular formula is C22H18N2O5. The average molecular weight is 390 g/mol. The maximum atomic E-state index is 12.1. The standard InChI is InChI=1S/C22H18N2O5/c1-29-20-8-9-22(24(27)28)17(13-20)5-7-19(26)14-18(25)6-3-15-2-4-16-10-11-23-21(16)12-15/h2-13,23H,14H2,1H3. The molecule has 3 rings (SSSR count). The Kier molecular flexibility index (Phi) is 5.99. The number of methoxy groups -OCH3 is 1. The molecule has 0 radical (unpaired) electrons. The lowest BCUT2D eigenvalue weighted by Gasteiger charge is -2.02. The Morgan fingerprint density at radius 1 is 1.07 bits per heavy atom. The van der Waals surface area contributed by atoms with Gasteiger partial charge in [-0.3, -0.25) is 19.7 Å². The largest absolute Gasteiger partial charge is 0.497 e. The molecule has 0 amide bonds. The first kappa shape index (κ1) is 19.8. The van der Waals surface area contributed by atoms with E-state index in [-0.39, 0.29) is 23.5 Å². The van der Waals surface area contributed by atoms with Crippen molar-refractivity contribution in [3.05, 3.63) is 82.1 Å². The van der Waals surface area contributed by atoms with E-state index in [1.165, 1.54) is 43.5 Å². The zero-order chi connectivity index (χ0) is 20.8. The van der Waals surface area contributed by atoms with Crippen LogP contribution in [0.1, 0.15) is 17.5 Å². The molecule has 2 aromatic carbocycles. The molecule has 0 spiro atoms. The fourth-order valence-corrected chi connectivity index (χ4v) is 2.79. The molecule has 0 fully saturated rings. The fraction of sp³-hybridized carbons (Fsp3) is 0.0909. The van der Waals surface area contributed by atoms with Crippen molar-refractivity contribution in [3.8, 4) is 5.75 Å². The van der Waals surface area contributed by atoms with Crippen molar-refractivity contribution >= 4 is 40.3 Å². The van der Waals surface area contributed by atoms with Gasteiger partial charge in [0.1, 0.15) is 5.75 Å². The number of hydrogen-bond acceptors (Lipinski definition) is 5. The van der Waals surface area contributed by atoms with Gasteiger partial charge in [0, 0.05) is 17.8 Å². The molecule has 1 aromatic heterocycles. The number of ether oxygens (including phenoxy) is 1. The minimum atomic E-state index is -0.543. The smallest absolute Gasteiger partial charge is 0.276 e. The number of carbonyl (C=O) groups is 2. The number of fused-ring (bicyclic) bond motifs is 1. The van der Waals surface area contributed by atoms with Crippen LogP contribution in [0.4, 0.5) is 5.69 Å². The number of nitrogens with one attached hydrogen (secondary N) is 1. The van der Waals surface area contributed by atoms with E-state index in [1.54, 1.807) is 6.08 Å². The number of aromatic nitrogens is 1. The molecule has 0 bridgehead atoms. The number of H-pyrrole nitrogens is 1. The number of aromatic amines is 1. The Labute approximate surface area is 166 Å². The molecule has 0 saturated heterocycles. The number of ketones is 2. The third-order valence-corrected chi connectivity index (χ3v) is 4.27. The predicted molar refractivity (Wildman–Crippen MR) is 111 cm³/mol. The number of nitrogens with zero attached hydrogens (tertiary/aromatic N) is 1. The van der Waals surface area contributed by atoms with Gasteiger partial charge in [-0.1, -0.05) is 18.2 Å². The summed E-state index contributed by atoms with van der Waals surface area (Å²) in [6.45, 7) is 0. The highest BCUT2D eigenvalue weighted by atomic mass is 16.6.